The van der Waals surface area contributed by atoms with Crippen LogP contribution in [0, 0.1) is 19.7 Å². The van der Waals surface area contributed by atoms with Crippen molar-refractivity contribution in [1.82, 2.24) is 14.8 Å². The molecule has 0 spiro atoms. The van der Waals surface area contributed by atoms with Crippen molar-refractivity contribution in [2.45, 2.75) is 26.8 Å². The summed E-state index contributed by atoms with van der Waals surface area (Å²) in [5.41, 5.74) is 6.77. The average Bonchev–Trinajstić information content (AvgIpc) is 3.04. The van der Waals surface area contributed by atoms with Crippen LogP contribution in [0.5, 0.6) is 5.75 Å². The van der Waals surface area contributed by atoms with Gasteiger partial charge in [0.1, 0.15) is 17.3 Å². The van der Waals surface area contributed by atoms with E-state index in [4.69, 9.17) is 5.73 Å². The largest absolute Gasteiger partial charge is 0.573 e. The summed E-state index contributed by atoms with van der Waals surface area (Å²) in [5.74, 6) is -2.67. The number of carbonyl (C=O) groups excluding carboxylic acids is 2. The van der Waals surface area contributed by atoms with Crippen LogP contribution < -0.4 is 15.8 Å². The molecular formula is C24H19F4N5O3. The fourth-order valence-electron chi connectivity index (χ4n) is 3.78. The number of nitrogens with one attached hydrogen (secondary N) is 1. The number of aryl methyl sites for hydroxylation is 1. The molecule has 2 heterocycles. The molecule has 0 saturated heterocycles. The van der Waals surface area contributed by atoms with Crippen LogP contribution in [0.4, 0.5) is 23.2 Å². The van der Waals surface area contributed by atoms with Crippen molar-refractivity contribution in [1.29, 1.82) is 0 Å². The number of hydrogen-bond acceptors (Lipinski definition) is 5. The van der Waals surface area contributed by atoms with Gasteiger partial charge < -0.3 is 15.8 Å². The Labute approximate surface area is 201 Å². The smallest absolute Gasteiger partial charge is 0.406 e. The predicted octanol–water partition coefficient (Wildman–Crippen LogP) is 4.49. The van der Waals surface area contributed by atoms with Gasteiger partial charge in [-0.3, -0.25) is 14.3 Å². The number of benzene rings is 2. The summed E-state index contributed by atoms with van der Waals surface area (Å²) in [5, 5.41) is 6.97. The number of nitrogens with two attached hydrogens (primary N) is 1. The first kappa shape index (κ1) is 24.6. The number of amides is 2. The standard InChI is InChI=1S/C24H19F4N5O3/c1-12-21(13(2)33(32-12)11-14-5-3-6-15(9-14)36-24(26,27)28)31-23(35)16-10-19(22(29)34)30-18-8-4-7-17(25)20(16)18/h3-10H,11H2,1-2H3,(H2,29,34)(H,31,35). The van der Waals surface area contributed by atoms with Gasteiger partial charge in [0.2, 0.25) is 0 Å². The van der Waals surface area contributed by atoms with E-state index in [0.29, 0.717) is 22.6 Å². The van der Waals surface area contributed by atoms with E-state index in [-0.39, 0.29) is 34.5 Å². The van der Waals surface area contributed by atoms with Crippen molar-refractivity contribution in [3.05, 3.63) is 82.6 Å². The highest BCUT2D eigenvalue weighted by Gasteiger charge is 2.31. The van der Waals surface area contributed by atoms with Crippen LogP contribution in [-0.4, -0.2) is 32.9 Å². The Kier molecular flexibility index (Phi) is 6.35. The van der Waals surface area contributed by atoms with Crippen molar-refractivity contribution in [3.8, 4) is 5.75 Å². The van der Waals surface area contributed by atoms with E-state index in [0.717, 1.165) is 12.1 Å². The third-order valence-corrected chi connectivity index (χ3v) is 5.36. The van der Waals surface area contributed by atoms with Gasteiger partial charge in [0.05, 0.1) is 34.7 Å². The van der Waals surface area contributed by atoms with Gasteiger partial charge in [0.25, 0.3) is 11.8 Å². The predicted molar refractivity (Wildman–Crippen MR) is 122 cm³/mol. The molecular weight excluding hydrogens is 482 g/mol. The molecule has 0 aliphatic heterocycles. The number of nitrogens with zero attached hydrogens (tertiary/aromatic N) is 3. The molecule has 0 saturated carbocycles. The second-order valence-corrected chi connectivity index (χ2v) is 7.91. The summed E-state index contributed by atoms with van der Waals surface area (Å²) in [6.07, 6.45) is -4.82. The van der Waals surface area contributed by atoms with Gasteiger partial charge in [0, 0.05) is 5.39 Å². The van der Waals surface area contributed by atoms with Crippen LogP contribution in [0.2, 0.25) is 0 Å². The third kappa shape index (κ3) is 5.11. The van der Waals surface area contributed by atoms with Crippen LogP contribution in [0.15, 0.2) is 48.5 Å². The number of hydrogen-bond donors (Lipinski definition) is 2. The van der Waals surface area contributed by atoms with Crippen LogP contribution in [0.25, 0.3) is 10.9 Å². The van der Waals surface area contributed by atoms with Crippen molar-refractivity contribution >= 4 is 28.4 Å². The molecule has 0 unspecified atom stereocenters. The molecule has 4 rings (SSSR count). The van der Waals surface area contributed by atoms with Gasteiger partial charge in [-0.2, -0.15) is 5.10 Å². The fraction of sp³-hybridized carbons (Fsp3) is 0.167. The van der Waals surface area contributed by atoms with Gasteiger partial charge in [-0.1, -0.05) is 18.2 Å². The first-order valence-corrected chi connectivity index (χ1v) is 10.5. The number of primary amides is 1. The molecule has 12 heteroatoms. The quantitative estimate of drug-likeness (QED) is 0.378. The number of anilines is 1. The van der Waals surface area contributed by atoms with Gasteiger partial charge in [0.15, 0.2) is 0 Å². The second-order valence-electron chi connectivity index (χ2n) is 7.91. The summed E-state index contributed by atoms with van der Waals surface area (Å²) in [7, 11) is 0. The van der Waals surface area contributed by atoms with E-state index in [2.05, 4.69) is 20.1 Å². The summed E-state index contributed by atoms with van der Waals surface area (Å²) >= 11 is 0. The lowest BCUT2D eigenvalue weighted by molar-refractivity contribution is -0.274. The van der Waals surface area contributed by atoms with E-state index in [1.54, 1.807) is 19.9 Å². The van der Waals surface area contributed by atoms with Crippen LogP contribution >= 0.6 is 0 Å². The highest BCUT2D eigenvalue weighted by atomic mass is 19.4. The first-order valence-electron chi connectivity index (χ1n) is 10.5. The zero-order valence-corrected chi connectivity index (χ0v) is 19.0. The molecule has 4 aromatic rings. The van der Waals surface area contributed by atoms with Crippen LogP contribution in [0.3, 0.4) is 0 Å². The second kappa shape index (κ2) is 9.29. The highest BCUT2D eigenvalue weighted by Crippen LogP contribution is 2.27. The van der Waals surface area contributed by atoms with Gasteiger partial charge in [-0.25, -0.2) is 9.37 Å². The van der Waals surface area contributed by atoms with Gasteiger partial charge in [-0.15, -0.1) is 13.2 Å². The summed E-state index contributed by atoms with van der Waals surface area (Å²) in [6, 6.07) is 10.6. The Morgan fingerprint density at radius 1 is 1.11 bits per heavy atom. The molecule has 0 bridgehead atoms. The minimum Gasteiger partial charge on any atom is -0.406 e. The Morgan fingerprint density at radius 3 is 2.53 bits per heavy atom. The first-order chi connectivity index (χ1) is 16.9. The normalized spacial score (nSPS) is 11.5. The SMILES string of the molecule is Cc1nn(Cc2cccc(OC(F)(F)F)c2)c(C)c1NC(=O)c1cc(C(N)=O)nc2cccc(F)c12. The van der Waals surface area contributed by atoms with Crippen molar-refractivity contribution in [2.24, 2.45) is 5.73 Å². The third-order valence-electron chi connectivity index (χ3n) is 5.36. The van der Waals surface area contributed by atoms with E-state index in [1.165, 1.54) is 35.0 Å². The van der Waals surface area contributed by atoms with Crippen LogP contribution in [-0.2, 0) is 6.54 Å². The number of ether oxygens (including phenoxy) is 1. The molecule has 0 atom stereocenters. The number of halogens is 4. The molecule has 0 fully saturated rings. The summed E-state index contributed by atoms with van der Waals surface area (Å²) < 4.78 is 57.7. The Bertz CT molecular complexity index is 1500. The topological polar surface area (TPSA) is 112 Å². The lowest BCUT2D eigenvalue weighted by Gasteiger charge is -2.12. The number of carbonyl (C=O) groups is 2. The zero-order valence-electron chi connectivity index (χ0n) is 19.0. The van der Waals surface area contributed by atoms with E-state index >= 15 is 0 Å². The van der Waals surface area contributed by atoms with Crippen molar-refractivity contribution in [2.75, 3.05) is 5.32 Å². The number of fused-ring (bicyclic) bond motifs is 1. The average molecular weight is 501 g/mol. The maximum atomic E-state index is 14.6. The lowest BCUT2D eigenvalue weighted by atomic mass is 10.1. The Balaban J connectivity index is 1.65. The molecule has 36 heavy (non-hydrogen) atoms. The number of rotatable bonds is 6. The number of aromatic nitrogens is 3. The highest BCUT2D eigenvalue weighted by molar-refractivity contribution is 6.14. The molecule has 186 valence electrons. The van der Waals surface area contributed by atoms with Crippen LogP contribution in [0.1, 0.15) is 37.8 Å². The molecule has 3 N–H and O–H groups in total. The van der Waals surface area contributed by atoms with Crippen molar-refractivity contribution in [3.63, 3.8) is 0 Å². The van der Waals surface area contributed by atoms with Crippen molar-refractivity contribution < 1.29 is 31.9 Å². The molecule has 0 aliphatic rings. The molecule has 2 amide bonds. The minimum atomic E-state index is -4.82. The fourth-order valence-corrected chi connectivity index (χ4v) is 3.78. The molecule has 2 aromatic carbocycles. The monoisotopic (exact) mass is 501 g/mol. The summed E-state index contributed by atoms with van der Waals surface area (Å²) in [6.45, 7) is 3.38. The van der Waals surface area contributed by atoms with E-state index in [1.807, 2.05) is 0 Å². The van der Waals surface area contributed by atoms with E-state index in [9.17, 15) is 27.2 Å². The Hall–Kier alpha value is -4.48. The van der Waals surface area contributed by atoms with E-state index < -0.39 is 24.0 Å². The Morgan fingerprint density at radius 2 is 1.83 bits per heavy atom. The molecule has 0 aliphatic carbocycles. The van der Waals surface area contributed by atoms with Gasteiger partial charge >= 0.3 is 6.36 Å². The molecule has 0 radical (unpaired) electrons. The van der Waals surface area contributed by atoms with Gasteiger partial charge in [-0.05, 0) is 49.7 Å². The number of pyridine rings is 1. The molecule has 2 aromatic heterocycles. The lowest BCUT2D eigenvalue weighted by Crippen LogP contribution is -2.18. The number of alkyl halides is 3. The maximum Gasteiger partial charge on any atom is 0.573 e. The minimum absolute atomic E-state index is 0.0795. The maximum absolute atomic E-state index is 14.6. The zero-order chi connectivity index (χ0) is 26.2. The molecule has 8 nitrogen and oxygen atoms in total. The summed E-state index contributed by atoms with van der Waals surface area (Å²) in [4.78, 5) is 28.9.